The molecular formula is C7H11N3O4. The SMILES string of the molecule is Cc1nnc(C(O)[C@H](C)NC(=O)O)o1. The van der Waals surface area contributed by atoms with Gasteiger partial charge in [-0.3, -0.25) is 0 Å². The van der Waals surface area contributed by atoms with Gasteiger partial charge in [0.25, 0.3) is 0 Å². The van der Waals surface area contributed by atoms with Crippen molar-refractivity contribution in [3.63, 3.8) is 0 Å². The Morgan fingerprint density at radius 3 is 2.64 bits per heavy atom. The Labute approximate surface area is 79.8 Å². The molecule has 0 fully saturated rings. The van der Waals surface area contributed by atoms with Crippen molar-refractivity contribution < 1.29 is 19.4 Å². The fourth-order valence-electron chi connectivity index (χ4n) is 0.919. The van der Waals surface area contributed by atoms with Crippen LogP contribution in [-0.4, -0.2) is 32.5 Å². The molecule has 0 saturated heterocycles. The van der Waals surface area contributed by atoms with E-state index in [4.69, 9.17) is 9.52 Å². The zero-order valence-corrected chi connectivity index (χ0v) is 7.76. The lowest BCUT2D eigenvalue weighted by molar-refractivity contribution is 0.102. The summed E-state index contributed by atoms with van der Waals surface area (Å²) in [7, 11) is 0. The maximum atomic E-state index is 10.3. The van der Waals surface area contributed by atoms with Crippen molar-refractivity contribution in [1.82, 2.24) is 15.5 Å². The van der Waals surface area contributed by atoms with Gasteiger partial charge >= 0.3 is 6.09 Å². The molecule has 0 aliphatic carbocycles. The van der Waals surface area contributed by atoms with Crippen LogP contribution in [0.15, 0.2) is 4.42 Å². The Morgan fingerprint density at radius 2 is 2.21 bits per heavy atom. The van der Waals surface area contributed by atoms with Gasteiger partial charge in [-0.1, -0.05) is 0 Å². The largest absolute Gasteiger partial charge is 0.465 e. The standard InChI is InChI=1S/C7H11N3O4/c1-3(8-7(12)13)5(11)6-10-9-4(2)14-6/h3,5,8,11H,1-2H3,(H,12,13)/t3-,5?/m0/s1. The van der Waals surface area contributed by atoms with Gasteiger partial charge in [0, 0.05) is 6.92 Å². The molecule has 0 saturated carbocycles. The molecule has 0 radical (unpaired) electrons. The van der Waals surface area contributed by atoms with Crippen LogP contribution in [0.25, 0.3) is 0 Å². The van der Waals surface area contributed by atoms with Crippen LogP contribution in [0.5, 0.6) is 0 Å². The molecule has 0 aliphatic heterocycles. The van der Waals surface area contributed by atoms with Gasteiger partial charge < -0.3 is 19.9 Å². The van der Waals surface area contributed by atoms with Gasteiger partial charge in [-0.25, -0.2) is 4.79 Å². The number of aromatic nitrogens is 2. The first kappa shape index (κ1) is 10.5. The van der Waals surface area contributed by atoms with Crippen molar-refractivity contribution in [2.24, 2.45) is 0 Å². The van der Waals surface area contributed by atoms with Gasteiger partial charge in [0.2, 0.25) is 11.8 Å². The van der Waals surface area contributed by atoms with Crippen LogP contribution in [0.4, 0.5) is 4.79 Å². The van der Waals surface area contributed by atoms with E-state index in [1.807, 2.05) is 0 Å². The van der Waals surface area contributed by atoms with E-state index in [0.717, 1.165) is 0 Å². The van der Waals surface area contributed by atoms with Gasteiger partial charge in [0.1, 0.15) is 0 Å². The van der Waals surface area contributed by atoms with Crippen LogP contribution in [-0.2, 0) is 0 Å². The highest BCUT2D eigenvalue weighted by molar-refractivity contribution is 5.64. The molecule has 0 spiro atoms. The van der Waals surface area contributed by atoms with Crippen molar-refractivity contribution in [3.05, 3.63) is 11.8 Å². The third-order valence-electron chi connectivity index (χ3n) is 1.62. The van der Waals surface area contributed by atoms with E-state index >= 15 is 0 Å². The van der Waals surface area contributed by atoms with Gasteiger partial charge in [0.15, 0.2) is 6.10 Å². The molecule has 0 bridgehead atoms. The summed E-state index contributed by atoms with van der Waals surface area (Å²) in [4.78, 5) is 10.3. The van der Waals surface area contributed by atoms with Gasteiger partial charge in [0.05, 0.1) is 6.04 Å². The summed E-state index contributed by atoms with van der Waals surface area (Å²) in [5.74, 6) is 0.324. The molecule has 1 unspecified atom stereocenters. The molecule has 0 aliphatic rings. The first-order chi connectivity index (χ1) is 6.50. The lowest BCUT2D eigenvalue weighted by Crippen LogP contribution is -2.36. The average Bonchev–Trinajstić information content (AvgIpc) is 2.49. The molecule has 1 aromatic rings. The molecular weight excluding hydrogens is 190 g/mol. The van der Waals surface area contributed by atoms with Crippen LogP contribution in [0.2, 0.25) is 0 Å². The summed E-state index contributed by atoms with van der Waals surface area (Å²) >= 11 is 0. The van der Waals surface area contributed by atoms with E-state index in [1.165, 1.54) is 6.92 Å². The minimum atomic E-state index is -1.22. The van der Waals surface area contributed by atoms with Gasteiger partial charge in [-0.15, -0.1) is 10.2 Å². The predicted octanol–water partition coefficient (Wildman–Crippen LogP) is 0.0675. The molecule has 3 N–H and O–H groups in total. The number of aliphatic hydroxyl groups is 1. The Morgan fingerprint density at radius 1 is 1.57 bits per heavy atom. The zero-order valence-electron chi connectivity index (χ0n) is 7.76. The van der Waals surface area contributed by atoms with Crippen molar-refractivity contribution in [3.8, 4) is 0 Å². The van der Waals surface area contributed by atoms with E-state index in [-0.39, 0.29) is 5.89 Å². The minimum absolute atomic E-state index is 0.00347. The first-order valence-corrected chi connectivity index (χ1v) is 3.98. The second-order valence-electron chi connectivity index (χ2n) is 2.84. The smallest absolute Gasteiger partial charge is 0.404 e. The number of hydrogen-bond donors (Lipinski definition) is 3. The molecule has 1 rings (SSSR count). The Kier molecular flexibility index (Phi) is 3.03. The zero-order chi connectivity index (χ0) is 10.7. The number of aliphatic hydroxyl groups excluding tert-OH is 1. The fourth-order valence-corrected chi connectivity index (χ4v) is 0.919. The number of carboxylic acid groups (broad SMARTS) is 1. The monoisotopic (exact) mass is 201 g/mol. The lowest BCUT2D eigenvalue weighted by Gasteiger charge is -2.14. The quantitative estimate of drug-likeness (QED) is 0.638. The molecule has 1 heterocycles. The third-order valence-corrected chi connectivity index (χ3v) is 1.62. The third kappa shape index (κ3) is 2.43. The highest BCUT2D eigenvalue weighted by atomic mass is 16.4. The topological polar surface area (TPSA) is 108 Å². The average molecular weight is 201 g/mol. The Bertz CT molecular complexity index is 324. The highest BCUT2D eigenvalue weighted by Gasteiger charge is 2.22. The van der Waals surface area contributed by atoms with Crippen molar-refractivity contribution in [2.75, 3.05) is 0 Å². The van der Waals surface area contributed by atoms with Crippen molar-refractivity contribution >= 4 is 6.09 Å². The van der Waals surface area contributed by atoms with E-state index in [1.54, 1.807) is 6.92 Å². The summed E-state index contributed by atoms with van der Waals surface area (Å²) in [6, 6.07) is -0.702. The maximum absolute atomic E-state index is 10.3. The first-order valence-electron chi connectivity index (χ1n) is 3.98. The van der Waals surface area contributed by atoms with E-state index in [0.29, 0.717) is 5.89 Å². The summed E-state index contributed by atoms with van der Waals surface area (Å²) in [5.41, 5.74) is 0. The normalized spacial score (nSPS) is 14.8. The summed E-state index contributed by atoms with van der Waals surface area (Å²) in [5, 5.41) is 27.1. The minimum Gasteiger partial charge on any atom is -0.465 e. The second kappa shape index (κ2) is 4.05. The molecule has 78 valence electrons. The van der Waals surface area contributed by atoms with Crippen LogP contribution in [0.3, 0.4) is 0 Å². The Hall–Kier alpha value is -1.63. The van der Waals surface area contributed by atoms with Crippen LogP contribution < -0.4 is 5.32 Å². The molecule has 7 heteroatoms. The molecule has 1 amide bonds. The van der Waals surface area contributed by atoms with Crippen LogP contribution in [0, 0.1) is 6.92 Å². The van der Waals surface area contributed by atoms with E-state index in [9.17, 15) is 9.90 Å². The number of hydrogen-bond acceptors (Lipinski definition) is 5. The number of nitrogens with one attached hydrogen (secondary N) is 1. The molecule has 2 atom stereocenters. The second-order valence-corrected chi connectivity index (χ2v) is 2.84. The lowest BCUT2D eigenvalue weighted by atomic mass is 10.2. The summed E-state index contributed by atoms with van der Waals surface area (Å²) in [6.07, 6.45) is -2.35. The maximum Gasteiger partial charge on any atom is 0.404 e. The fraction of sp³-hybridized carbons (Fsp3) is 0.571. The molecule has 14 heavy (non-hydrogen) atoms. The van der Waals surface area contributed by atoms with Crippen LogP contribution in [0.1, 0.15) is 24.8 Å². The Balaban J connectivity index is 2.65. The van der Waals surface area contributed by atoms with Crippen molar-refractivity contribution in [2.45, 2.75) is 26.0 Å². The van der Waals surface area contributed by atoms with Gasteiger partial charge in [-0.05, 0) is 6.92 Å². The number of amides is 1. The number of aryl methyl sites for hydroxylation is 1. The molecule has 0 aromatic carbocycles. The summed E-state index contributed by atoms with van der Waals surface area (Å²) in [6.45, 7) is 3.08. The van der Waals surface area contributed by atoms with E-state index in [2.05, 4.69) is 15.5 Å². The predicted molar refractivity (Wildman–Crippen MR) is 44.6 cm³/mol. The molecule has 1 aromatic heterocycles. The van der Waals surface area contributed by atoms with Gasteiger partial charge in [-0.2, -0.15) is 0 Å². The van der Waals surface area contributed by atoms with E-state index < -0.39 is 18.2 Å². The number of nitrogens with zero attached hydrogens (tertiary/aromatic N) is 2. The van der Waals surface area contributed by atoms with Crippen LogP contribution >= 0.6 is 0 Å². The molecule has 7 nitrogen and oxygen atoms in total. The summed E-state index contributed by atoms with van der Waals surface area (Å²) < 4.78 is 4.94. The number of rotatable bonds is 3. The number of carbonyl (C=O) groups is 1. The van der Waals surface area contributed by atoms with Crippen molar-refractivity contribution in [1.29, 1.82) is 0 Å². The highest BCUT2D eigenvalue weighted by Crippen LogP contribution is 2.14.